The van der Waals surface area contributed by atoms with Gasteiger partial charge in [0.25, 0.3) is 5.91 Å². The number of carbonyl (C=O) groups is 1. The van der Waals surface area contributed by atoms with Gasteiger partial charge in [-0.25, -0.2) is 0 Å². The number of amides is 1. The Balaban J connectivity index is 3.50. The monoisotopic (exact) mass is 281 g/mol. The van der Waals surface area contributed by atoms with E-state index in [4.69, 9.17) is 5.73 Å². The summed E-state index contributed by atoms with van der Waals surface area (Å²) < 4.78 is 37.9. The highest BCUT2D eigenvalue weighted by molar-refractivity contribution is 7.99. The molecule has 1 aromatic carbocycles. The van der Waals surface area contributed by atoms with Crippen LogP contribution in [0.2, 0.25) is 0 Å². The Morgan fingerprint density at radius 1 is 1.18 bits per heavy atom. The maximum atomic E-state index is 12.6. The Hall–Kier alpha value is -0.820. The second-order valence-corrected chi connectivity index (χ2v) is 4.81. The molecule has 2 nitrogen and oxygen atoms in total. The molecular formula is C10H10F3NOS2. The summed E-state index contributed by atoms with van der Waals surface area (Å²) in [5.74, 6) is -0.715. The van der Waals surface area contributed by atoms with E-state index in [0.29, 0.717) is 0 Å². The summed E-state index contributed by atoms with van der Waals surface area (Å²) in [5, 5.41) is 0. The van der Waals surface area contributed by atoms with Gasteiger partial charge in [0.1, 0.15) is 0 Å². The van der Waals surface area contributed by atoms with E-state index >= 15 is 0 Å². The second-order valence-electron chi connectivity index (χ2n) is 3.12. The van der Waals surface area contributed by atoms with Crippen LogP contribution in [0.25, 0.3) is 0 Å². The van der Waals surface area contributed by atoms with Crippen molar-refractivity contribution in [3.8, 4) is 0 Å². The Kier molecular flexibility index (Phi) is 4.37. The maximum absolute atomic E-state index is 12.6. The number of alkyl halides is 3. The molecule has 0 aliphatic heterocycles. The summed E-state index contributed by atoms with van der Waals surface area (Å²) in [6, 6.07) is 1.90. The number of benzene rings is 1. The largest absolute Gasteiger partial charge is 0.416 e. The summed E-state index contributed by atoms with van der Waals surface area (Å²) in [6.45, 7) is 0. The lowest BCUT2D eigenvalue weighted by molar-refractivity contribution is -0.137. The van der Waals surface area contributed by atoms with Crippen molar-refractivity contribution in [2.45, 2.75) is 16.0 Å². The number of hydrogen-bond donors (Lipinski definition) is 1. The summed E-state index contributed by atoms with van der Waals surface area (Å²) in [6.07, 6.45) is -1.22. The van der Waals surface area contributed by atoms with E-state index in [1.165, 1.54) is 0 Å². The molecule has 0 bridgehead atoms. The quantitative estimate of drug-likeness (QED) is 0.865. The van der Waals surface area contributed by atoms with Gasteiger partial charge in [-0.15, -0.1) is 23.5 Å². The molecule has 0 spiro atoms. The average Bonchev–Trinajstić information content (AvgIpc) is 2.25. The van der Waals surface area contributed by atoms with Gasteiger partial charge in [0.15, 0.2) is 0 Å². The molecule has 0 saturated heterocycles. The van der Waals surface area contributed by atoms with Crippen LogP contribution >= 0.6 is 23.5 Å². The van der Waals surface area contributed by atoms with Gasteiger partial charge in [-0.2, -0.15) is 13.2 Å². The number of carbonyl (C=O) groups excluding carboxylic acids is 1. The minimum atomic E-state index is -4.43. The van der Waals surface area contributed by atoms with E-state index in [0.717, 1.165) is 35.7 Å². The maximum Gasteiger partial charge on any atom is 0.416 e. The molecule has 0 atom stereocenters. The van der Waals surface area contributed by atoms with Gasteiger partial charge in [0, 0.05) is 9.79 Å². The molecule has 0 aliphatic carbocycles. The molecule has 0 fully saturated rings. The summed E-state index contributed by atoms with van der Waals surface area (Å²) in [7, 11) is 0. The predicted octanol–water partition coefficient (Wildman–Crippen LogP) is 3.25. The highest BCUT2D eigenvalue weighted by Gasteiger charge is 2.32. The molecule has 1 rings (SSSR count). The van der Waals surface area contributed by atoms with Crippen molar-refractivity contribution in [1.82, 2.24) is 0 Å². The molecular weight excluding hydrogens is 271 g/mol. The van der Waals surface area contributed by atoms with Crippen LogP contribution in [0.3, 0.4) is 0 Å². The van der Waals surface area contributed by atoms with Crippen molar-refractivity contribution in [2.24, 2.45) is 5.73 Å². The third-order valence-electron chi connectivity index (χ3n) is 2.08. The van der Waals surface area contributed by atoms with Gasteiger partial charge in [-0.3, -0.25) is 4.79 Å². The fraction of sp³-hybridized carbons (Fsp3) is 0.300. The lowest BCUT2D eigenvalue weighted by Crippen LogP contribution is -2.15. The van der Waals surface area contributed by atoms with Crippen molar-refractivity contribution in [1.29, 1.82) is 0 Å². The Morgan fingerprint density at radius 2 is 1.59 bits per heavy atom. The van der Waals surface area contributed by atoms with E-state index in [1.807, 2.05) is 0 Å². The molecule has 1 amide bonds. The van der Waals surface area contributed by atoms with Crippen molar-refractivity contribution < 1.29 is 18.0 Å². The molecule has 2 N–H and O–H groups in total. The SMILES string of the molecule is CSc1cc(C(F)(F)F)cc(SC)c1C(N)=O. The number of nitrogens with two attached hydrogens (primary N) is 1. The van der Waals surface area contributed by atoms with Crippen molar-refractivity contribution >= 4 is 29.4 Å². The van der Waals surface area contributed by atoms with Crippen LogP contribution in [0.1, 0.15) is 15.9 Å². The number of primary amides is 1. The highest BCUT2D eigenvalue weighted by Crippen LogP contribution is 2.37. The summed E-state index contributed by atoms with van der Waals surface area (Å²) in [4.78, 5) is 11.7. The third-order valence-corrected chi connectivity index (χ3v) is 3.60. The molecule has 94 valence electrons. The fourth-order valence-corrected chi connectivity index (χ4v) is 2.70. The van der Waals surface area contributed by atoms with Crippen LogP contribution in [-0.2, 0) is 6.18 Å². The molecule has 1 aromatic rings. The Labute approximate surface area is 105 Å². The van der Waals surface area contributed by atoms with Gasteiger partial charge in [0.2, 0.25) is 0 Å². The van der Waals surface area contributed by atoms with Gasteiger partial charge in [-0.05, 0) is 24.6 Å². The number of rotatable bonds is 3. The van der Waals surface area contributed by atoms with Crippen LogP contribution in [0, 0.1) is 0 Å². The van der Waals surface area contributed by atoms with Gasteiger partial charge in [-0.1, -0.05) is 0 Å². The lowest BCUT2D eigenvalue weighted by Gasteiger charge is -2.14. The van der Waals surface area contributed by atoms with E-state index < -0.39 is 17.6 Å². The predicted molar refractivity (Wildman–Crippen MR) is 63.5 cm³/mol. The molecule has 7 heteroatoms. The Morgan fingerprint density at radius 3 is 1.82 bits per heavy atom. The average molecular weight is 281 g/mol. The zero-order valence-corrected chi connectivity index (χ0v) is 10.7. The topological polar surface area (TPSA) is 43.1 Å². The van der Waals surface area contributed by atoms with E-state index in [1.54, 1.807) is 12.5 Å². The van der Waals surface area contributed by atoms with Crippen LogP contribution < -0.4 is 5.73 Å². The minimum Gasteiger partial charge on any atom is -0.366 e. The van der Waals surface area contributed by atoms with Crippen LogP contribution in [0.15, 0.2) is 21.9 Å². The molecule has 0 aromatic heterocycles. The first kappa shape index (κ1) is 14.2. The fourth-order valence-electron chi connectivity index (χ4n) is 1.32. The van der Waals surface area contributed by atoms with E-state index in [-0.39, 0.29) is 15.4 Å². The first-order valence-electron chi connectivity index (χ1n) is 4.44. The first-order valence-corrected chi connectivity index (χ1v) is 6.89. The van der Waals surface area contributed by atoms with Crippen molar-refractivity contribution in [3.63, 3.8) is 0 Å². The smallest absolute Gasteiger partial charge is 0.366 e. The van der Waals surface area contributed by atoms with Crippen LogP contribution in [0.4, 0.5) is 13.2 Å². The van der Waals surface area contributed by atoms with Gasteiger partial charge < -0.3 is 5.73 Å². The molecule has 0 saturated carbocycles. The number of thioether (sulfide) groups is 2. The summed E-state index contributed by atoms with van der Waals surface area (Å²) >= 11 is 2.14. The first-order chi connectivity index (χ1) is 7.81. The molecule has 17 heavy (non-hydrogen) atoms. The second kappa shape index (κ2) is 5.22. The highest BCUT2D eigenvalue weighted by atomic mass is 32.2. The molecule has 0 aliphatic rings. The minimum absolute atomic E-state index is 0.151. The third kappa shape index (κ3) is 3.10. The van der Waals surface area contributed by atoms with Crippen LogP contribution in [-0.4, -0.2) is 18.4 Å². The van der Waals surface area contributed by atoms with Crippen molar-refractivity contribution in [2.75, 3.05) is 12.5 Å². The zero-order valence-electron chi connectivity index (χ0n) is 9.09. The van der Waals surface area contributed by atoms with E-state index in [9.17, 15) is 18.0 Å². The van der Waals surface area contributed by atoms with Gasteiger partial charge >= 0.3 is 6.18 Å². The zero-order chi connectivity index (χ0) is 13.2. The van der Waals surface area contributed by atoms with Gasteiger partial charge in [0.05, 0.1) is 11.1 Å². The standard InChI is InChI=1S/C10H10F3NOS2/c1-16-6-3-5(10(11,12)13)4-7(17-2)8(6)9(14)15/h3-4H,1-2H3,(H2,14,15). The number of halogens is 3. The number of hydrogen-bond acceptors (Lipinski definition) is 3. The lowest BCUT2D eigenvalue weighted by atomic mass is 10.1. The van der Waals surface area contributed by atoms with Crippen LogP contribution in [0.5, 0.6) is 0 Å². The molecule has 0 heterocycles. The van der Waals surface area contributed by atoms with Crippen molar-refractivity contribution in [3.05, 3.63) is 23.3 Å². The Bertz CT molecular complexity index is 421. The summed E-state index contributed by atoms with van der Waals surface area (Å²) in [5.41, 5.74) is 4.56. The van der Waals surface area contributed by atoms with E-state index in [2.05, 4.69) is 0 Å². The molecule has 0 unspecified atom stereocenters. The molecule has 0 radical (unpaired) electrons. The normalized spacial score (nSPS) is 11.6.